The summed E-state index contributed by atoms with van der Waals surface area (Å²) in [5, 5.41) is 12.8. The van der Waals surface area contributed by atoms with E-state index < -0.39 is 5.91 Å². The van der Waals surface area contributed by atoms with Crippen molar-refractivity contribution in [3.8, 4) is 6.07 Å². The molecule has 0 radical (unpaired) electrons. The number of nitrogens with one attached hydrogen (secondary N) is 1. The van der Waals surface area contributed by atoms with Gasteiger partial charge >= 0.3 is 0 Å². The van der Waals surface area contributed by atoms with Crippen LogP contribution in [0.4, 0.5) is 5.69 Å². The molecule has 2 aromatic carbocycles. The topological polar surface area (TPSA) is 56.1 Å². The fraction of sp³-hybridized carbons (Fsp3) is 0.200. The second-order valence-corrected chi connectivity index (χ2v) is 6.03. The molecule has 0 saturated carbocycles. The van der Waals surface area contributed by atoms with Crippen molar-refractivity contribution in [2.45, 2.75) is 20.4 Å². The van der Waals surface area contributed by atoms with Crippen LogP contribution in [0.15, 0.2) is 60.3 Å². The molecular weight excluding hydrogens is 334 g/mol. The number of carbonyl (C=O) groups is 1. The summed E-state index contributed by atoms with van der Waals surface area (Å²) in [6.07, 6.45) is 1.59. The molecular formula is C20H20ClN3O. The molecule has 0 spiro atoms. The van der Waals surface area contributed by atoms with Crippen LogP contribution in [0.5, 0.6) is 0 Å². The summed E-state index contributed by atoms with van der Waals surface area (Å²) in [6.45, 7) is 4.97. The normalized spacial score (nSPS) is 10.9. The van der Waals surface area contributed by atoms with E-state index in [0.717, 1.165) is 16.8 Å². The largest absolute Gasteiger partial charge is 0.347 e. The maximum absolute atomic E-state index is 12.3. The summed E-state index contributed by atoms with van der Waals surface area (Å²) in [5.41, 5.74) is 3.05. The highest BCUT2D eigenvalue weighted by Gasteiger charge is 2.11. The van der Waals surface area contributed by atoms with Crippen molar-refractivity contribution in [3.05, 3.63) is 76.5 Å². The zero-order chi connectivity index (χ0) is 18.2. The molecule has 0 atom stereocenters. The van der Waals surface area contributed by atoms with Crippen molar-refractivity contribution in [1.29, 1.82) is 5.26 Å². The lowest BCUT2D eigenvalue weighted by atomic mass is 10.2. The zero-order valence-electron chi connectivity index (χ0n) is 14.3. The van der Waals surface area contributed by atoms with E-state index >= 15 is 0 Å². The first-order chi connectivity index (χ1) is 12.0. The average Bonchev–Trinajstić information content (AvgIpc) is 2.62. The molecule has 2 rings (SSSR count). The molecule has 5 heteroatoms. The highest BCUT2D eigenvalue weighted by Crippen LogP contribution is 2.17. The number of amides is 1. The van der Waals surface area contributed by atoms with Gasteiger partial charge in [-0.1, -0.05) is 35.9 Å². The van der Waals surface area contributed by atoms with Crippen molar-refractivity contribution in [3.63, 3.8) is 0 Å². The zero-order valence-corrected chi connectivity index (χ0v) is 15.0. The van der Waals surface area contributed by atoms with Gasteiger partial charge in [0.1, 0.15) is 11.6 Å². The third-order valence-corrected chi connectivity index (χ3v) is 3.94. The molecule has 0 aromatic heterocycles. The molecule has 0 saturated heterocycles. The molecule has 0 aliphatic heterocycles. The van der Waals surface area contributed by atoms with Crippen LogP contribution in [-0.4, -0.2) is 12.5 Å². The van der Waals surface area contributed by atoms with Crippen molar-refractivity contribution in [2.75, 3.05) is 11.4 Å². The first-order valence-electron chi connectivity index (χ1n) is 8.01. The SMILES string of the molecule is CCN(/C=C(/C#N)C(=O)NCc1ccc(Cl)cc1)c1cccc(C)c1. The summed E-state index contributed by atoms with van der Waals surface area (Å²) in [6, 6.07) is 17.1. The van der Waals surface area contributed by atoms with E-state index in [2.05, 4.69) is 5.32 Å². The number of rotatable bonds is 6. The van der Waals surface area contributed by atoms with Gasteiger partial charge in [0.15, 0.2) is 0 Å². The summed E-state index contributed by atoms with van der Waals surface area (Å²) in [4.78, 5) is 14.2. The third kappa shape index (κ3) is 5.37. The number of halogens is 1. The third-order valence-electron chi connectivity index (χ3n) is 3.69. The van der Waals surface area contributed by atoms with Crippen LogP contribution < -0.4 is 10.2 Å². The summed E-state index contributed by atoms with van der Waals surface area (Å²) >= 11 is 5.84. The Morgan fingerprint density at radius 3 is 2.60 bits per heavy atom. The van der Waals surface area contributed by atoms with Crippen LogP contribution in [-0.2, 0) is 11.3 Å². The van der Waals surface area contributed by atoms with Gasteiger partial charge in [0, 0.05) is 30.0 Å². The minimum absolute atomic E-state index is 0.0670. The molecule has 0 bridgehead atoms. The monoisotopic (exact) mass is 353 g/mol. The van der Waals surface area contributed by atoms with E-state index in [1.54, 1.807) is 18.3 Å². The quantitative estimate of drug-likeness (QED) is 0.625. The van der Waals surface area contributed by atoms with Gasteiger partial charge in [-0.15, -0.1) is 0 Å². The lowest BCUT2D eigenvalue weighted by Crippen LogP contribution is -2.26. The Labute approximate surface area is 153 Å². The van der Waals surface area contributed by atoms with Crippen LogP contribution >= 0.6 is 11.6 Å². The van der Waals surface area contributed by atoms with E-state index in [1.165, 1.54) is 0 Å². The number of carbonyl (C=O) groups excluding carboxylic acids is 1. The van der Waals surface area contributed by atoms with E-state index in [9.17, 15) is 10.1 Å². The molecule has 128 valence electrons. The van der Waals surface area contributed by atoms with Gasteiger partial charge in [-0.2, -0.15) is 5.26 Å². The molecule has 4 nitrogen and oxygen atoms in total. The molecule has 0 unspecified atom stereocenters. The van der Waals surface area contributed by atoms with Gasteiger partial charge in [0.2, 0.25) is 0 Å². The molecule has 25 heavy (non-hydrogen) atoms. The van der Waals surface area contributed by atoms with Crippen molar-refractivity contribution >= 4 is 23.2 Å². The lowest BCUT2D eigenvalue weighted by Gasteiger charge is -2.19. The Hall–Kier alpha value is -2.77. The van der Waals surface area contributed by atoms with Crippen LogP contribution in [0.2, 0.25) is 5.02 Å². The highest BCUT2D eigenvalue weighted by molar-refractivity contribution is 6.30. The van der Waals surface area contributed by atoms with Crippen LogP contribution in [0.1, 0.15) is 18.1 Å². The van der Waals surface area contributed by atoms with Gasteiger partial charge in [-0.25, -0.2) is 0 Å². The minimum atomic E-state index is -0.399. The number of hydrogen-bond acceptors (Lipinski definition) is 3. The van der Waals surface area contributed by atoms with Crippen LogP contribution in [0.25, 0.3) is 0 Å². The smallest absolute Gasteiger partial charge is 0.263 e. The Balaban J connectivity index is 2.10. The number of nitrogens with zero attached hydrogens (tertiary/aromatic N) is 2. The van der Waals surface area contributed by atoms with E-state index in [1.807, 2.05) is 61.2 Å². The minimum Gasteiger partial charge on any atom is -0.347 e. The Kier molecular flexibility index (Phi) is 6.62. The predicted octanol–water partition coefficient (Wildman–Crippen LogP) is 4.20. The Morgan fingerprint density at radius 1 is 1.28 bits per heavy atom. The Bertz CT molecular complexity index is 806. The van der Waals surface area contributed by atoms with E-state index in [0.29, 0.717) is 18.1 Å². The second-order valence-electron chi connectivity index (χ2n) is 5.59. The summed E-state index contributed by atoms with van der Waals surface area (Å²) in [5.74, 6) is -0.399. The van der Waals surface area contributed by atoms with Gasteiger partial charge in [0.25, 0.3) is 5.91 Å². The molecule has 1 amide bonds. The highest BCUT2D eigenvalue weighted by atomic mass is 35.5. The molecule has 0 fully saturated rings. The van der Waals surface area contributed by atoms with Crippen molar-refractivity contribution in [1.82, 2.24) is 5.32 Å². The number of nitriles is 1. The number of anilines is 1. The van der Waals surface area contributed by atoms with Crippen LogP contribution in [0.3, 0.4) is 0 Å². The fourth-order valence-electron chi connectivity index (χ4n) is 2.33. The maximum atomic E-state index is 12.3. The predicted molar refractivity (Wildman–Crippen MR) is 101 cm³/mol. The standard InChI is InChI=1S/C20H20ClN3O/c1-3-24(19-6-4-5-15(2)11-19)14-17(12-22)20(25)23-13-16-7-9-18(21)10-8-16/h4-11,14H,3,13H2,1-2H3,(H,23,25)/b17-14-. The molecule has 0 aliphatic carbocycles. The molecule has 0 aliphatic rings. The summed E-state index contributed by atoms with van der Waals surface area (Å²) < 4.78 is 0. The molecule has 2 aromatic rings. The van der Waals surface area contributed by atoms with Gasteiger partial charge in [0.05, 0.1) is 0 Å². The van der Waals surface area contributed by atoms with Gasteiger partial charge in [-0.05, 0) is 49.2 Å². The first-order valence-corrected chi connectivity index (χ1v) is 8.39. The molecule has 0 heterocycles. The van der Waals surface area contributed by atoms with Crippen molar-refractivity contribution < 1.29 is 4.79 Å². The summed E-state index contributed by atoms with van der Waals surface area (Å²) in [7, 11) is 0. The number of benzene rings is 2. The molecule has 1 N–H and O–H groups in total. The maximum Gasteiger partial charge on any atom is 0.263 e. The first kappa shape index (κ1) is 18.6. The van der Waals surface area contributed by atoms with Gasteiger partial charge in [-0.3, -0.25) is 4.79 Å². The van der Waals surface area contributed by atoms with Crippen LogP contribution in [0, 0.1) is 18.3 Å². The number of aryl methyl sites for hydroxylation is 1. The fourth-order valence-corrected chi connectivity index (χ4v) is 2.45. The van der Waals surface area contributed by atoms with Gasteiger partial charge < -0.3 is 10.2 Å². The van der Waals surface area contributed by atoms with E-state index in [4.69, 9.17) is 11.6 Å². The van der Waals surface area contributed by atoms with Crippen molar-refractivity contribution in [2.24, 2.45) is 0 Å². The number of hydrogen-bond donors (Lipinski definition) is 1. The Morgan fingerprint density at radius 2 is 2.00 bits per heavy atom. The second kappa shape index (κ2) is 8.91. The lowest BCUT2D eigenvalue weighted by molar-refractivity contribution is -0.117. The van der Waals surface area contributed by atoms with E-state index in [-0.39, 0.29) is 5.57 Å². The average molecular weight is 354 g/mol.